The molecule has 240 valence electrons. The number of hydrogen-bond acceptors (Lipinski definition) is 7. The van der Waals surface area contributed by atoms with E-state index in [1.54, 1.807) is 17.0 Å². The van der Waals surface area contributed by atoms with Crippen LogP contribution in [0, 0.1) is 5.92 Å². The number of benzene rings is 2. The molecule has 2 fully saturated rings. The van der Waals surface area contributed by atoms with Gasteiger partial charge >= 0.3 is 6.18 Å². The molecule has 2 aromatic carbocycles. The van der Waals surface area contributed by atoms with E-state index >= 15 is 0 Å². The van der Waals surface area contributed by atoms with Crippen molar-refractivity contribution in [3.05, 3.63) is 95.5 Å². The number of pyridine rings is 1. The van der Waals surface area contributed by atoms with Gasteiger partial charge < -0.3 is 19.1 Å². The molecule has 4 heterocycles. The molecular formula is C35H36F3N5O3. The van der Waals surface area contributed by atoms with E-state index in [9.17, 15) is 22.8 Å². The minimum Gasteiger partial charge on any atom is -0.420 e. The summed E-state index contributed by atoms with van der Waals surface area (Å²) >= 11 is 0. The molecule has 4 aromatic rings. The molecule has 1 amide bonds. The molecular weight excluding hydrogens is 595 g/mol. The molecule has 11 heteroatoms. The number of halogens is 3. The third kappa shape index (κ3) is 7.08. The second-order valence-corrected chi connectivity index (χ2v) is 12.1. The molecule has 0 aliphatic carbocycles. The van der Waals surface area contributed by atoms with Gasteiger partial charge in [-0.05, 0) is 47.1 Å². The van der Waals surface area contributed by atoms with E-state index in [2.05, 4.69) is 14.9 Å². The number of oxazole rings is 1. The Bertz CT molecular complexity index is 1660. The van der Waals surface area contributed by atoms with Gasteiger partial charge in [0.1, 0.15) is 5.82 Å². The predicted molar refractivity (Wildman–Crippen MR) is 169 cm³/mol. The molecule has 0 saturated carbocycles. The molecule has 6 rings (SSSR count). The Morgan fingerprint density at radius 2 is 1.63 bits per heavy atom. The minimum absolute atomic E-state index is 0.0634. The summed E-state index contributed by atoms with van der Waals surface area (Å²) in [6.07, 6.45) is -1.50. The largest absolute Gasteiger partial charge is 0.437 e. The van der Waals surface area contributed by atoms with Gasteiger partial charge in [-0.25, -0.2) is 4.98 Å². The van der Waals surface area contributed by atoms with Crippen LogP contribution in [0.25, 0.3) is 11.1 Å². The van der Waals surface area contributed by atoms with Crippen LogP contribution in [0.2, 0.25) is 0 Å². The first-order chi connectivity index (χ1) is 22.2. The summed E-state index contributed by atoms with van der Waals surface area (Å²) in [5.41, 5.74) is 2.29. The standard InChI is InChI=1S/C35H36F3N5O3/c1-24-8-7-15-43(23-24)34-40-33(35(36,37)38)32(46-34)29(44)20-25-13-14-30(39-22-25)41-16-18-42(19-17-41)31(45)21-27-11-5-6-12-28(27)26-9-3-2-4-10-26/h2-6,9-14,22,24H,7-8,15-21,23H2,1H3. The number of rotatable bonds is 8. The first-order valence-corrected chi connectivity index (χ1v) is 15.6. The molecule has 1 unspecified atom stereocenters. The molecule has 2 saturated heterocycles. The molecule has 0 spiro atoms. The summed E-state index contributed by atoms with van der Waals surface area (Å²) in [5, 5.41) is 0. The smallest absolute Gasteiger partial charge is 0.420 e. The number of nitrogens with zero attached hydrogens (tertiary/aromatic N) is 5. The number of aromatic nitrogens is 2. The second-order valence-electron chi connectivity index (χ2n) is 12.1. The van der Waals surface area contributed by atoms with Gasteiger partial charge in [0.05, 0.1) is 6.42 Å². The quantitative estimate of drug-likeness (QED) is 0.211. The Hall–Kier alpha value is -4.67. The van der Waals surface area contributed by atoms with Crippen LogP contribution in [0.5, 0.6) is 0 Å². The van der Waals surface area contributed by atoms with Gasteiger partial charge in [-0.3, -0.25) is 9.59 Å². The molecule has 46 heavy (non-hydrogen) atoms. The highest BCUT2D eigenvalue weighted by atomic mass is 19.4. The lowest BCUT2D eigenvalue weighted by molar-refractivity contribution is -0.141. The van der Waals surface area contributed by atoms with Gasteiger partial charge in [0.2, 0.25) is 17.5 Å². The summed E-state index contributed by atoms with van der Waals surface area (Å²) in [7, 11) is 0. The minimum atomic E-state index is -4.81. The predicted octanol–water partition coefficient (Wildman–Crippen LogP) is 6.31. The van der Waals surface area contributed by atoms with Crippen LogP contribution in [-0.2, 0) is 23.8 Å². The number of carbonyl (C=O) groups is 2. The highest BCUT2D eigenvalue weighted by molar-refractivity contribution is 5.96. The average molecular weight is 632 g/mol. The number of hydrogen-bond donors (Lipinski definition) is 0. The van der Waals surface area contributed by atoms with E-state index in [0.717, 1.165) is 29.5 Å². The Morgan fingerprint density at radius 3 is 2.33 bits per heavy atom. The highest BCUT2D eigenvalue weighted by Crippen LogP contribution is 2.36. The number of piperidine rings is 1. The summed E-state index contributed by atoms with van der Waals surface area (Å²) in [5.74, 6) is -0.531. The topological polar surface area (TPSA) is 82.8 Å². The number of amides is 1. The SMILES string of the molecule is CC1CCCN(c2nc(C(F)(F)F)c(C(=O)Cc3ccc(N4CCN(C(=O)Cc5ccccc5-c5ccccc5)CC4)nc3)o2)C1. The maximum absolute atomic E-state index is 13.8. The van der Waals surface area contributed by atoms with Crippen molar-refractivity contribution in [3.8, 4) is 11.1 Å². The number of carbonyl (C=O) groups excluding carboxylic acids is 2. The van der Waals surface area contributed by atoms with E-state index in [1.165, 1.54) is 6.20 Å². The monoisotopic (exact) mass is 631 g/mol. The fourth-order valence-corrected chi connectivity index (χ4v) is 6.20. The first-order valence-electron chi connectivity index (χ1n) is 15.6. The maximum Gasteiger partial charge on any atom is 0.437 e. The maximum atomic E-state index is 13.8. The van der Waals surface area contributed by atoms with Gasteiger partial charge in [-0.1, -0.05) is 67.6 Å². The summed E-state index contributed by atoms with van der Waals surface area (Å²) in [6.45, 7) is 5.34. The van der Waals surface area contributed by atoms with E-state index in [1.807, 2.05) is 66.4 Å². The number of ketones is 1. The van der Waals surface area contributed by atoms with Crippen LogP contribution >= 0.6 is 0 Å². The second kappa shape index (κ2) is 13.4. The summed E-state index contributed by atoms with van der Waals surface area (Å²) in [4.78, 5) is 40.0. The Balaban J connectivity index is 1.06. The van der Waals surface area contributed by atoms with Gasteiger partial charge in [0.25, 0.3) is 6.01 Å². The summed E-state index contributed by atoms with van der Waals surface area (Å²) < 4.78 is 46.9. The molecule has 0 radical (unpaired) electrons. The lowest BCUT2D eigenvalue weighted by atomic mass is 9.97. The van der Waals surface area contributed by atoms with Crippen molar-refractivity contribution in [2.24, 2.45) is 5.92 Å². The third-order valence-corrected chi connectivity index (χ3v) is 8.64. The van der Waals surface area contributed by atoms with Crippen LogP contribution in [0.1, 0.15) is 47.1 Å². The van der Waals surface area contributed by atoms with Crippen LogP contribution in [0.15, 0.2) is 77.3 Å². The van der Waals surface area contributed by atoms with E-state index in [-0.39, 0.29) is 18.3 Å². The molecule has 1 atom stereocenters. The normalized spacial score (nSPS) is 17.3. The lowest BCUT2D eigenvalue weighted by Gasteiger charge is -2.35. The van der Waals surface area contributed by atoms with Crippen LogP contribution in [0.4, 0.5) is 25.0 Å². The fraction of sp³-hybridized carbons (Fsp3) is 0.371. The van der Waals surface area contributed by atoms with Crippen molar-refractivity contribution in [2.75, 3.05) is 49.1 Å². The summed E-state index contributed by atoms with van der Waals surface area (Å²) in [6, 6.07) is 21.2. The third-order valence-electron chi connectivity index (χ3n) is 8.64. The fourth-order valence-electron chi connectivity index (χ4n) is 6.20. The van der Waals surface area contributed by atoms with Crippen LogP contribution < -0.4 is 9.80 Å². The van der Waals surface area contributed by atoms with Gasteiger partial charge in [0.15, 0.2) is 5.69 Å². The zero-order valence-corrected chi connectivity index (χ0v) is 25.7. The van der Waals surface area contributed by atoms with Crippen molar-refractivity contribution >= 4 is 23.5 Å². The van der Waals surface area contributed by atoms with Gasteiger partial charge in [-0.2, -0.15) is 18.2 Å². The van der Waals surface area contributed by atoms with E-state index < -0.39 is 23.4 Å². The van der Waals surface area contributed by atoms with Crippen LogP contribution in [-0.4, -0.2) is 65.8 Å². The van der Waals surface area contributed by atoms with Crippen molar-refractivity contribution in [1.82, 2.24) is 14.9 Å². The molecule has 2 aromatic heterocycles. The van der Waals surface area contributed by atoms with Crippen molar-refractivity contribution in [2.45, 2.75) is 38.8 Å². The number of Topliss-reactive ketones (excluding diaryl/α,β-unsaturated/α-hetero) is 1. The van der Waals surface area contributed by atoms with Crippen molar-refractivity contribution in [1.29, 1.82) is 0 Å². The number of piperazine rings is 1. The van der Waals surface area contributed by atoms with Gasteiger partial charge in [0, 0.05) is 51.9 Å². The van der Waals surface area contributed by atoms with Crippen LogP contribution in [0.3, 0.4) is 0 Å². The molecule has 2 aliphatic heterocycles. The molecule has 8 nitrogen and oxygen atoms in total. The number of alkyl halides is 3. The average Bonchev–Trinajstić information content (AvgIpc) is 3.53. The zero-order chi connectivity index (χ0) is 32.3. The molecule has 0 bridgehead atoms. The van der Waals surface area contributed by atoms with E-state index in [4.69, 9.17) is 4.42 Å². The Morgan fingerprint density at radius 1 is 0.891 bits per heavy atom. The lowest BCUT2D eigenvalue weighted by Crippen LogP contribution is -2.49. The van der Waals surface area contributed by atoms with E-state index in [0.29, 0.717) is 63.0 Å². The van der Waals surface area contributed by atoms with Crippen molar-refractivity contribution < 1.29 is 27.2 Å². The number of anilines is 2. The van der Waals surface area contributed by atoms with Crippen molar-refractivity contribution in [3.63, 3.8) is 0 Å². The highest BCUT2D eigenvalue weighted by Gasteiger charge is 2.42. The van der Waals surface area contributed by atoms with Gasteiger partial charge in [-0.15, -0.1) is 0 Å². The Labute approximate surface area is 265 Å². The first kappa shape index (κ1) is 31.3. The molecule has 0 N–H and O–H groups in total. The molecule has 2 aliphatic rings. The zero-order valence-electron chi connectivity index (χ0n) is 25.7. The Kier molecular flexibility index (Phi) is 9.10.